The number of amides is 2. The van der Waals surface area contributed by atoms with Crippen LogP contribution >= 0.6 is 0 Å². The molecular weight excluding hydrogens is 254 g/mol. The van der Waals surface area contributed by atoms with Gasteiger partial charge in [-0.15, -0.1) is 0 Å². The number of fused-ring (bicyclic) bond motifs is 1. The van der Waals surface area contributed by atoms with Crippen molar-refractivity contribution in [2.24, 2.45) is 0 Å². The summed E-state index contributed by atoms with van der Waals surface area (Å²) in [4.78, 5) is 27.4. The molecule has 0 aliphatic carbocycles. The van der Waals surface area contributed by atoms with Gasteiger partial charge in [-0.2, -0.15) is 0 Å². The number of benzene rings is 1. The van der Waals surface area contributed by atoms with Crippen molar-refractivity contribution in [2.75, 3.05) is 25.0 Å². The molecule has 2 unspecified atom stereocenters. The fraction of sp³-hybridized carbons (Fsp3) is 0.467. The summed E-state index contributed by atoms with van der Waals surface area (Å²) in [6, 6.07) is 6.35. The van der Waals surface area contributed by atoms with Gasteiger partial charge in [0.1, 0.15) is 0 Å². The van der Waals surface area contributed by atoms with Crippen molar-refractivity contribution in [3.05, 3.63) is 29.3 Å². The Bertz CT molecular complexity index is 584. The minimum atomic E-state index is -0.210. The van der Waals surface area contributed by atoms with E-state index in [0.29, 0.717) is 23.2 Å². The lowest BCUT2D eigenvalue weighted by molar-refractivity contribution is 0.0693. The normalized spacial score (nSPS) is 26.1. The maximum Gasteiger partial charge on any atom is 0.261 e. The Morgan fingerprint density at radius 1 is 1.15 bits per heavy atom. The first kappa shape index (κ1) is 13.1. The number of nitrogens with zero attached hydrogens (tertiary/aromatic N) is 2. The molecule has 3 rings (SSSR count). The van der Waals surface area contributed by atoms with Gasteiger partial charge in [0.2, 0.25) is 0 Å². The Labute approximate surface area is 118 Å². The van der Waals surface area contributed by atoms with Crippen molar-refractivity contribution in [3.63, 3.8) is 0 Å². The van der Waals surface area contributed by atoms with Crippen LogP contribution in [0.4, 0.5) is 5.69 Å². The molecule has 2 amide bonds. The van der Waals surface area contributed by atoms with Crippen LogP contribution in [0.25, 0.3) is 0 Å². The SMILES string of the molecule is CC1CN(c2ccc3c(c2)C(=O)N(C)C3=O)C(C)CN1. The van der Waals surface area contributed by atoms with Gasteiger partial charge in [-0.05, 0) is 32.0 Å². The smallest absolute Gasteiger partial charge is 0.261 e. The lowest BCUT2D eigenvalue weighted by Crippen LogP contribution is -2.54. The van der Waals surface area contributed by atoms with Crippen molar-refractivity contribution in [1.29, 1.82) is 0 Å². The number of carbonyl (C=O) groups is 2. The monoisotopic (exact) mass is 273 g/mol. The fourth-order valence-corrected chi connectivity index (χ4v) is 2.91. The number of hydrogen-bond acceptors (Lipinski definition) is 4. The van der Waals surface area contributed by atoms with E-state index in [1.165, 1.54) is 11.9 Å². The Kier molecular flexibility index (Phi) is 3.01. The molecule has 0 bridgehead atoms. The Hall–Kier alpha value is -1.88. The van der Waals surface area contributed by atoms with Crippen molar-refractivity contribution in [1.82, 2.24) is 10.2 Å². The fourth-order valence-electron chi connectivity index (χ4n) is 2.91. The number of piperazine rings is 1. The highest BCUT2D eigenvalue weighted by Gasteiger charge is 2.33. The Morgan fingerprint density at radius 2 is 1.85 bits per heavy atom. The summed E-state index contributed by atoms with van der Waals surface area (Å²) in [5.41, 5.74) is 2.05. The first-order chi connectivity index (χ1) is 9.49. The number of rotatable bonds is 1. The molecule has 0 spiro atoms. The third kappa shape index (κ3) is 1.89. The van der Waals surface area contributed by atoms with E-state index in [1.54, 1.807) is 6.07 Å². The maximum absolute atomic E-state index is 12.1. The molecule has 2 aliphatic rings. The van der Waals surface area contributed by atoms with Gasteiger partial charge in [-0.1, -0.05) is 0 Å². The lowest BCUT2D eigenvalue weighted by atomic mass is 10.1. The van der Waals surface area contributed by atoms with Crippen LogP contribution in [-0.4, -0.2) is 48.9 Å². The second kappa shape index (κ2) is 4.59. The standard InChI is InChI=1S/C15H19N3O2/c1-9-8-18(10(2)7-16-9)11-4-5-12-13(6-11)15(20)17(3)14(12)19/h4-6,9-10,16H,7-8H2,1-3H3. The zero-order valence-corrected chi connectivity index (χ0v) is 12.0. The summed E-state index contributed by atoms with van der Waals surface area (Å²) < 4.78 is 0. The summed E-state index contributed by atoms with van der Waals surface area (Å²) in [6.07, 6.45) is 0. The molecular formula is C15H19N3O2. The minimum absolute atomic E-state index is 0.206. The van der Waals surface area contributed by atoms with Gasteiger partial charge in [0.25, 0.3) is 11.8 Å². The molecule has 1 saturated heterocycles. The third-order valence-electron chi connectivity index (χ3n) is 4.17. The number of anilines is 1. The first-order valence-corrected chi connectivity index (χ1v) is 6.95. The van der Waals surface area contributed by atoms with Crippen LogP contribution in [0, 0.1) is 0 Å². The van der Waals surface area contributed by atoms with Gasteiger partial charge in [0.05, 0.1) is 11.1 Å². The molecule has 1 aromatic rings. The zero-order chi connectivity index (χ0) is 14.4. The molecule has 20 heavy (non-hydrogen) atoms. The summed E-state index contributed by atoms with van der Waals surface area (Å²) in [5, 5.41) is 3.44. The van der Waals surface area contributed by atoms with Crippen LogP contribution < -0.4 is 10.2 Å². The zero-order valence-electron chi connectivity index (χ0n) is 12.0. The van der Waals surface area contributed by atoms with Gasteiger partial charge < -0.3 is 10.2 Å². The Balaban J connectivity index is 1.97. The summed E-state index contributed by atoms with van der Waals surface area (Å²) >= 11 is 0. The number of carbonyl (C=O) groups excluding carboxylic acids is 2. The topological polar surface area (TPSA) is 52.7 Å². The van der Waals surface area contributed by atoms with E-state index in [9.17, 15) is 9.59 Å². The molecule has 0 saturated carbocycles. The van der Waals surface area contributed by atoms with Crippen molar-refractivity contribution in [3.8, 4) is 0 Å². The van der Waals surface area contributed by atoms with Crippen LogP contribution in [0.15, 0.2) is 18.2 Å². The molecule has 5 nitrogen and oxygen atoms in total. The molecule has 1 aromatic carbocycles. The molecule has 2 aliphatic heterocycles. The lowest BCUT2D eigenvalue weighted by Gasteiger charge is -2.39. The molecule has 1 N–H and O–H groups in total. The van der Waals surface area contributed by atoms with Crippen molar-refractivity contribution < 1.29 is 9.59 Å². The predicted octanol–water partition coefficient (Wildman–Crippen LogP) is 1.10. The van der Waals surface area contributed by atoms with E-state index in [1.807, 2.05) is 12.1 Å². The van der Waals surface area contributed by atoms with Crippen molar-refractivity contribution >= 4 is 17.5 Å². The van der Waals surface area contributed by atoms with E-state index in [2.05, 4.69) is 24.1 Å². The van der Waals surface area contributed by atoms with Gasteiger partial charge in [0.15, 0.2) is 0 Å². The highest BCUT2D eigenvalue weighted by molar-refractivity contribution is 6.21. The second-order valence-corrected chi connectivity index (χ2v) is 5.71. The van der Waals surface area contributed by atoms with Crippen molar-refractivity contribution in [2.45, 2.75) is 25.9 Å². The summed E-state index contributed by atoms with van der Waals surface area (Å²) in [6.45, 7) is 6.13. The molecule has 2 atom stereocenters. The van der Waals surface area contributed by atoms with Crippen LogP contribution in [0.5, 0.6) is 0 Å². The van der Waals surface area contributed by atoms with Gasteiger partial charge in [-0.3, -0.25) is 14.5 Å². The van der Waals surface area contributed by atoms with E-state index in [-0.39, 0.29) is 11.8 Å². The highest BCUT2D eigenvalue weighted by Crippen LogP contribution is 2.28. The quantitative estimate of drug-likeness (QED) is 0.779. The van der Waals surface area contributed by atoms with E-state index in [4.69, 9.17) is 0 Å². The van der Waals surface area contributed by atoms with E-state index < -0.39 is 0 Å². The second-order valence-electron chi connectivity index (χ2n) is 5.71. The largest absolute Gasteiger partial charge is 0.366 e. The average molecular weight is 273 g/mol. The Morgan fingerprint density at radius 3 is 2.60 bits per heavy atom. The summed E-state index contributed by atoms with van der Waals surface area (Å²) in [7, 11) is 1.53. The maximum atomic E-state index is 12.1. The molecule has 0 aromatic heterocycles. The molecule has 5 heteroatoms. The van der Waals surface area contributed by atoms with Gasteiger partial charge in [0, 0.05) is 37.9 Å². The van der Waals surface area contributed by atoms with Crippen LogP contribution in [0.3, 0.4) is 0 Å². The number of hydrogen-bond donors (Lipinski definition) is 1. The van der Waals surface area contributed by atoms with Crippen LogP contribution in [0.2, 0.25) is 0 Å². The minimum Gasteiger partial charge on any atom is -0.366 e. The third-order valence-corrected chi connectivity index (χ3v) is 4.17. The van der Waals surface area contributed by atoms with Crippen LogP contribution in [-0.2, 0) is 0 Å². The summed E-state index contributed by atoms with van der Waals surface area (Å²) in [5.74, 6) is -0.416. The number of nitrogens with one attached hydrogen (secondary N) is 1. The molecule has 0 radical (unpaired) electrons. The van der Waals surface area contributed by atoms with E-state index in [0.717, 1.165) is 18.8 Å². The first-order valence-electron chi connectivity index (χ1n) is 6.95. The molecule has 2 heterocycles. The predicted molar refractivity (Wildman–Crippen MR) is 77.1 cm³/mol. The molecule has 1 fully saturated rings. The number of imide groups is 1. The van der Waals surface area contributed by atoms with E-state index >= 15 is 0 Å². The van der Waals surface area contributed by atoms with Gasteiger partial charge >= 0.3 is 0 Å². The van der Waals surface area contributed by atoms with Crippen LogP contribution in [0.1, 0.15) is 34.6 Å². The molecule has 106 valence electrons. The van der Waals surface area contributed by atoms with Gasteiger partial charge in [-0.25, -0.2) is 0 Å². The highest BCUT2D eigenvalue weighted by atomic mass is 16.2. The average Bonchev–Trinajstić information content (AvgIpc) is 2.66.